The summed E-state index contributed by atoms with van der Waals surface area (Å²) in [7, 11) is 0. The Morgan fingerprint density at radius 1 is 0.294 bits per heavy atom. The monoisotopic (exact) mass is 871 g/mol. The number of nitrogens with zero attached hydrogens (tertiary/aromatic N) is 7. The molecule has 4 aromatic heterocycles. The second-order valence-electron chi connectivity index (χ2n) is 16.7. The van der Waals surface area contributed by atoms with Crippen molar-refractivity contribution in [1.29, 1.82) is 0 Å². The van der Waals surface area contributed by atoms with Crippen molar-refractivity contribution < 1.29 is 4.42 Å². The number of fused-ring (bicyclic) bond motifs is 7. The molecule has 8 heteroatoms. The smallest absolute Gasteiger partial charge is 0.166 e. The fourth-order valence-electron chi connectivity index (χ4n) is 9.31. The van der Waals surface area contributed by atoms with Crippen LogP contribution in [0.5, 0.6) is 0 Å². The summed E-state index contributed by atoms with van der Waals surface area (Å²) in [6.45, 7) is 0. The van der Waals surface area contributed by atoms with E-state index in [-0.39, 0.29) is 0 Å². The van der Waals surface area contributed by atoms with Crippen molar-refractivity contribution >= 4 is 43.7 Å². The third-order valence-electron chi connectivity index (χ3n) is 12.5. The van der Waals surface area contributed by atoms with E-state index in [9.17, 15) is 0 Å². The molecule has 0 amide bonds. The van der Waals surface area contributed by atoms with Crippen LogP contribution in [0.3, 0.4) is 0 Å². The van der Waals surface area contributed by atoms with Crippen molar-refractivity contribution in [3.8, 4) is 85.1 Å². The van der Waals surface area contributed by atoms with E-state index in [2.05, 4.69) is 120 Å². The van der Waals surface area contributed by atoms with E-state index in [1.807, 2.05) is 109 Å². The zero-order valence-electron chi connectivity index (χ0n) is 36.4. The van der Waals surface area contributed by atoms with Gasteiger partial charge >= 0.3 is 0 Å². The molecule has 13 rings (SSSR count). The van der Waals surface area contributed by atoms with Crippen LogP contribution < -0.4 is 0 Å². The molecule has 0 atom stereocenters. The Hall–Kier alpha value is -9.40. The fourth-order valence-corrected chi connectivity index (χ4v) is 9.31. The highest BCUT2D eigenvalue weighted by Gasteiger charge is 2.24. The van der Waals surface area contributed by atoms with E-state index >= 15 is 0 Å². The van der Waals surface area contributed by atoms with Gasteiger partial charge in [-0.1, -0.05) is 176 Å². The average molecular weight is 872 g/mol. The number of aromatic nitrogens is 7. The van der Waals surface area contributed by atoms with Crippen LogP contribution in [0.15, 0.2) is 229 Å². The van der Waals surface area contributed by atoms with Crippen molar-refractivity contribution in [2.75, 3.05) is 0 Å². The number of furan rings is 1. The molecular formula is C60H37N7O. The van der Waals surface area contributed by atoms with Gasteiger partial charge in [-0.05, 0) is 59.7 Å². The molecule has 0 bridgehead atoms. The molecule has 8 nitrogen and oxygen atoms in total. The third-order valence-corrected chi connectivity index (χ3v) is 12.5. The topological polar surface area (TPSA) is 95.4 Å². The number of benzene rings is 9. The molecule has 4 heterocycles. The summed E-state index contributed by atoms with van der Waals surface area (Å²) in [6.07, 6.45) is 0. The minimum absolute atomic E-state index is 0.498. The molecule has 0 saturated heterocycles. The molecule has 0 saturated carbocycles. The summed E-state index contributed by atoms with van der Waals surface area (Å²) in [5, 5.41) is 4.29. The molecule has 0 aliphatic carbocycles. The highest BCUT2D eigenvalue weighted by Crippen LogP contribution is 2.43. The predicted molar refractivity (Wildman–Crippen MR) is 273 cm³/mol. The van der Waals surface area contributed by atoms with Crippen LogP contribution in [-0.4, -0.2) is 34.5 Å². The van der Waals surface area contributed by atoms with Gasteiger partial charge in [0.1, 0.15) is 11.2 Å². The average Bonchev–Trinajstić information content (AvgIpc) is 3.97. The summed E-state index contributed by atoms with van der Waals surface area (Å²) in [5.41, 5.74) is 11.8. The van der Waals surface area contributed by atoms with Crippen molar-refractivity contribution in [3.05, 3.63) is 224 Å². The molecule has 9 aromatic carbocycles. The first-order valence-corrected chi connectivity index (χ1v) is 22.5. The Balaban J connectivity index is 1.11. The second-order valence-corrected chi connectivity index (χ2v) is 16.7. The molecule has 13 aromatic rings. The van der Waals surface area contributed by atoms with Gasteiger partial charge in [-0.15, -0.1) is 0 Å². The first-order chi connectivity index (χ1) is 33.7. The highest BCUT2D eigenvalue weighted by atomic mass is 16.3. The first kappa shape index (κ1) is 39.0. The van der Waals surface area contributed by atoms with E-state index in [1.54, 1.807) is 0 Å². The number of para-hydroxylation sites is 2. The van der Waals surface area contributed by atoms with Crippen LogP contribution in [-0.2, 0) is 0 Å². The Morgan fingerprint density at radius 2 is 0.765 bits per heavy atom. The van der Waals surface area contributed by atoms with E-state index in [4.69, 9.17) is 34.3 Å². The van der Waals surface area contributed by atoms with E-state index < -0.39 is 0 Å². The molecular weight excluding hydrogens is 835 g/mol. The molecule has 0 unspecified atom stereocenters. The summed E-state index contributed by atoms with van der Waals surface area (Å²) >= 11 is 0. The van der Waals surface area contributed by atoms with Crippen LogP contribution in [0.4, 0.5) is 0 Å². The van der Waals surface area contributed by atoms with Crippen molar-refractivity contribution in [3.63, 3.8) is 0 Å². The summed E-state index contributed by atoms with van der Waals surface area (Å²) in [4.78, 5) is 31.3. The van der Waals surface area contributed by atoms with Gasteiger partial charge in [0.25, 0.3) is 0 Å². The molecule has 0 N–H and O–H groups in total. The summed E-state index contributed by atoms with van der Waals surface area (Å²) in [5.74, 6) is 3.25. The molecule has 0 radical (unpaired) electrons. The lowest BCUT2D eigenvalue weighted by Gasteiger charge is -2.17. The Labute approximate surface area is 390 Å². The third kappa shape index (κ3) is 6.78. The maximum Gasteiger partial charge on any atom is 0.166 e. The molecule has 0 fully saturated rings. The molecule has 0 aliphatic heterocycles. The Morgan fingerprint density at radius 3 is 1.38 bits per heavy atom. The summed E-state index contributed by atoms with van der Waals surface area (Å²) in [6, 6.07) is 76.3. The molecule has 318 valence electrons. The second kappa shape index (κ2) is 16.2. The van der Waals surface area contributed by atoms with Crippen LogP contribution in [0.25, 0.3) is 129 Å². The lowest BCUT2D eigenvalue weighted by Crippen LogP contribution is -2.05. The van der Waals surface area contributed by atoms with Gasteiger partial charge in [-0.25, -0.2) is 29.9 Å². The maximum atomic E-state index is 6.53. The maximum absolute atomic E-state index is 6.53. The lowest BCUT2D eigenvalue weighted by atomic mass is 10.0. The van der Waals surface area contributed by atoms with E-state index in [1.165, 1.54) is 0 Å². The predicted octanol–water partition coefficient (Wildman–Crippen LogP) is 14.7. The van der Waals surface area contributed by atoms with Gasteiger partial charge in [0.15, 0.2) is 34.9 Å². The standard InChI is InChI=1S/C60H37N7O/c1-5-18-38(19-6-1)42-26-17-27-43(36-42)58-62-55(39-20-7-2-8-21-39)63-59(64-58)44-32-34-50(48(37-44)60-65-56(40-22-9-3-10-23-40)61-57(66-60)41-24-11-4-12-25-41)67-49-30-15-13-28-45(49)46-33-35-52-53(54(46)67)47-29-14-16-31-51(47)68-52/h1-37H. The van der Waals surface area contributed by atoms with Gasteiger partial charge in [-0.3, -0.25) is 0 Å². The van der Waals surface area contributed by atoms with Crippen LogP contribution in [0.2, 0.25) is 0 Å². The minimum Gasteiger partial charge on any atom is -0.456 e. The highest BCUT2D eigenvalue weighted by molar-refractivity contribution is 6.24. The van der Waals surface area contributed by atoms with Gasteiger partial charge in [-0.2, -0.15) is 0 Å². The van der Waals surface area contributed by atoms with Crippen molar-refractivity contribution in [1.82, 2.24) is 34.5 Å². The quantitative estimate of drug-likeness (QED) is 0.150. The van der Waals surface area contributed by atoms with Gasteiger partial charge in [0, 0.05) is 49.5 Å². The fraction of sp³-hybridized carbons (Fsp3) is 0. The van der Waals surface area contributed by atoms with Gasteiger partial charge in [0.2, 0.25) is 0 Å². The number of rotatable bonds is 8. The van der Waals surface area contributed by atoms with Gasteiger partial charge < -0.3 is 8.98 Å². The van der Waals surface area contributed by atoms with Crippen LogP contribution in [0, 0.1) is 0 Å². The van der Waals surface area contributed by atoms with Crippen LogP contribution >= 0.6 is 0 Å². The van der Waals surface area contributed by atoms with E-state index in [0.717, 1.165) is 93.9 Å². The van der Waals surface area contributed by atoms with E-state index in [0.29, 0.717) is 34.9 Å². The summed E-state index contributed by atoms with van der Waals surface area (Å²) < 4.78 is 8.87. The Bertz CT molecular complexity index is 3960. The lowest BCUT2D eigenvalue weighted by molar-refractivity contribution is 0.669. The SMILES string of the molecule is c1ccc(-c2cccc(-c3nc(-c4ccccc4)nc(-c4ccc(-n5c6ccccc6c6ccc7oc8ccccc8c7c65)c(-c5nc(-c6ccccc6)nc(-c6ccccc6)n5)c4)n3)c2)cc1. The molecule has 0 spiro atoms. The zero-order chi connectivity index (χ0) is 45.0. The Kier molecular flexibility index (Phi) is 9.31. The van der Waals surface area contributed by atoms with Crippen molar-refractivity contribution in [2.45, 2.75) is 0 Å². The largest absolute Gasteiger partial charge is 0.456 e. The van der Waals surface area contributed by atoms with Gasteiger partial charge in [0.05, 0.1) is 22.1 Å². The number of hydrogen-bond donors (Lipinski definition) is 0. The minimum atomic E-state index is 0.498. The zero-order valence-corrected chi connectivity index (χ0v) is 36.4. The number of hydrogen-bond acceptors (Lipinski definition) is 7. The molecule has 0 aliphatic rings. The normalized spacial score (nSPS) is 11.5. The molecule has 68 heavy (non-hydrogen) atoms. The van der Waals surface area contributed by atoms with Crippen molar-refractivity contribution in [2.24, 2.45) is 0 Å². The van der Waals surface area contributed by atoms with Crippen LogP contribution in [0.1, 0.15) is 0 Å². The first-order valence-electron chi connectivity index (χ1n) is 22.5.